The number of hydrogen-bond acceptors (Lipinski definition) is 7. The second kappa shape index (κ2) is 11.5. The molecule has 8 aliphatic rings. The molecule has 0 radical (unpaired) electrons. The molecule has 1 aromatic rings. The Hall–Kier alpha value is -2.95. The Kier molecular flexibility index (Phi) is 8.06. The highest BCUT2D eigenvalue weighted by Gasteiger charge is 2.78. The van der Waals surface area contributed by atoms with Crippen LogP contribution in [0.5, 0.6) is 0 Å². The number of amides is 1. The van der Waals surface area contributed by atoms with Gasteiger partial charge in [0.25, 0.3) is 5.91 Å². The number of esters is 1. The highest BCUT2D eigenvalue weighted by molar-refractivity contribution is 6.10. The first kappa shape index (κ1) is 37.0. The van der Waals surface area contributed by atoms with Crippen molar-refractivity contribution in [3.05, 3.63) is 59.2 Å². The maximum absolute atomic E-state index is 14.9. The third-order valence-electron chi connectivity index (χ3n) is 17.1. The molecule has 7 aliphatic carbocycles. The number of allylic oxidation sites excluding steroid dienone is 4. The van der Waals surface area contributed by atoms with E-state index in [2.05, 4.69) is 26.0 Å². The molecule has 2 spiro atoms. The van der Waals surface area contributed by atoms with Gasteiger partial charge in [-0.05, 0) is 107 Å². The van der Waals surface area contributed by atoms with Crippen LogP contribution in [0, 0.1) is 56.0 Å². The van der Waals surface area contributed by atoms with Gasteiger partial charge in [0.1, 0.15) is 0 Å². The average molecular weight is 736 g/mol. The van der Waals surface area contributed by atoms with Crippen molar-refractivity contribution in [2.75, 3.05) is 26.8 Å². The van der Waals surface area contributed by atoms with E-state index in [0.717, 1.165) is 18.6 Å². The zero-order valence-corrected chi connectivity index (χ0v) is 32.0. The molecular weight excluding hydrogens is 680 g/mol. The predicted molar refractivity (Wildman–Crippen MR) is 192 cm³/mol. The summed E-state index contributed by atoms with van der Waals surface area (Å²) < 4.78 is 40.2. The van der Waals surface area contributed by atoms with Gasteiger partial charge in [-0.15, -0.1) is 0 Å². The fraction of sp³-hybridized carbons (Fsp3) is 0.698. The lowest BCUT2D eigenvalue weighted by Gasteiger charge is -2.71. The Bertz CT molecular complexity index is 1840. The highest BCUT2D eigenvalue weighted by atomic mass is 19.2. The summed E-state index contributed by atoms with van der Waals surface area (Å²) in [6, 6.07) is 3.31. The molecule has 0 aromatic heterocycles. The maximum Gasteiger partial charge on any atom is 0.313 e. The van der Waals surface area contributed by atoms with Crippen LogP contribution in [0.1, 0.15) is 109 Å². The Balaban J connectivity index is 1.20. The summed E-state index contributed by atoms with van der Waals surface area (Å²) in [5.74, 6) is -3.29. The average Bonchev–Trinajstić information content (AvgIpc) is 3.56. The summed E-state index contributed by atoms with van der Waals surface area (Å²) in [5.41, 5.74) is -5.98. The molecule has 4 bridgehead atoms. The molecule has 1 amide bonds. The molecule has 53 heavy (non-hydrogen) atoms. The summed E-state index contributed by atoms with van der Waals surface area (Å²) >= 11 is 0. The number of methoxy groups -OCH3 is 1. The van der Waals surface area contributed by atoms with Gasteiger partial charge in [0, 0.05) is 53.1 Å². The SMILES string of the molecule is COCCCN(CC1(O)CCC2C34C=CC5(C=C3C(=O)c3ccc(F)c(F)c3)CC(O)CCC5(C)C4CCC21C)C(=O)C12CCC(C)(C(=O)O1)C2(C)C. The van der Waals surface area contributed by atoms with Gasteiger partial charge in [-0.25, -0.2) is 8.78 Å². The second-order valence-corrected chi connectivity index (χ2v) is 19.0. The molecule has 8 nitrogen and oxygen atoms in total. The lowest BCUT2D eigenvalue weighted by molar-refractivity contribution is -0.187. The minimum Gasteiger partial charge on any atom is -0.448 e. The van der Waals surface area contributed by atoms with E-state index < -0.39 is 56.0 Å². The molecule has 10 heteroatoms. The number of aliphatic hydroxyl groups excluding tert-OH is 1. The van der Waals surface area contributed by atoms with Crippen molar-refractivity contribution < 1.29 is 42.9 Å². The van der Waals surface area contributed by atoms with Crippen molar-refractivity contribution in [2.24, 2.45) is 44.3 Å². The van der Waals surface area contributed by atoms with Gasteiger partial charge in [-0.3, -0.25) is 14.4 Å². The number of aliphatic hydroxyl groups is 2. The number of benzene rings is 1. The van der Waals surface area contributed by atoms with E-state index in [1.807, 2.05) is 26.8 Å². The first-order valence-corrected chi connectivity index (χ1v) is 19.7. The number of fused-ring (bicyclic) bond motifs is 3. The van der Waals surface area contributed by atoms with E-state index in [-0.39, 0.29) is 47.0 Å². The zero-order chi connectivity index (χ0) is 38.2. The summed E-state index contributed by atoms with van der Waals surface area (Å²) in [6.45, 7) is 10.9. The smallest absolute Gasteiger partial charge is 0.313 e. The lowest BCUT2D eigenvalue weighted by Crippen LogP contribution is -2.68. The summed E-state index contributed by atoms with van der Waals surface area (Å²) in [4.78, 5) is 44.6. The fourth-order valence-electron chi connectivity index (χ4n) is 13.3. The number of ketones is 1. The van der Waals surface area contributed by atoms with Gasteiger partial charge in [-0.1, -0.05) is 45.9 Å². The predicted octanol–water partition coefficient (Wildman–Crippen LogP) is 6.73. The number of hydrogen-bond donors (Lipinski definition) is 2. The van der Waals surface area contributed by atoms with E-state index in [1.54, 1.807) is 12.0 Å². The minimum absolute atomic E-state index is 0.00960. The van der Waals surface area contributed by atoms with Gasteiger partial charge >= 0.3 is 5.97 Å². The van der Waals surface area contributed by atoms with Crippen LogP contribution in [0.15, 0.2) is 42.0 Å². The molecule has 10 unspecified atom stereocenters. The molecule has 4 saturated carbocycles. The molecule has 1 heterocycles. The quantitative estimate of drug-likeness (QED) is 0.125. The van der Waals surface area contributed by atoms with Crippen molar-refractivity contribution >= 4 is 17.7 Å². The Morgan fingerprint density at radius 3 is 2.30 bits per heavy atom. The third kappa shape index (κ3) is 4.40. The monoisotopic (exact) mass is 735 g/mol. The van der Waals surface area contributed by atoms with Crippen molar-refractivity contribution in [3.63, 3.8) is 0 Å². The Labute approximate surface area is 311 Å². The number of carbonyl (C=O) groups excluding carboxylic acids is 3. The first-order chi connectivity index (χ1) is 24.8. The number of ether oxygens (including phenoxy) is 2. The van der Waals surface area contributed by atoms with E-state index in [1.165, 1.54) is 6.07 Å². The molecule has 288 valence electrons. The van der Waals surface area contributed by atoms with Crippen LogP contribution < -0.4 is 0 Å². The van der Waals surface area contributed by atoms with Crippen LogP contribution in [0.4, 0.5) is 8.78 Å². The minimum atomic E-state index is -1.34. The molecule has 5 fully saturated rings. The van der Waals surface area contributed by atoms with Crippen LogP contribution in [0.2, 0.25) is 0 Å². The molecule has 1 saturated heterocycles. The van der Waals surface area contributed by atoms with Crippen molar-refractivity contribution in [2.45, 2.75) is 116 Å². The second-order valence-electron chi connectivity index (χ2n) is 19.0. The lowest BCUT2D eigenvalue weighted by atomic mass is 9.32. The third-order valence-corrected chi connectivity index (χ3v) is 17.1. The maximum atomic E-state index is 14.9. The van der Waals surface area contributed by atoms with Gasteiger partial charge in [0.15, 0.2) is 23.0 Å². The molecule has 9 rings (SSSR count). The Morgan fingerprint density at radius 1 is 0.943 bits per heavy atom. The highest BCUT2D eigenvalue weighted by Crippen LogP contribution is 2.78. The summed E-state index contributed by atoms with van der Waals surface area (Å²) in [7, 11) is 1.61. The van der Waals surface area contributed by atoms with Gasteiger partial charge in [0.05, 0.1) is 23.7 Å². The van der Waals surface area contributed by atoms with Crippen molar-refractivity contribution in [3.8, 4) is 0 Å². The zero-order valence-electron chi connectivity index (χ0n) is 32.0. The Morgan fingerprint density at radius 2 is 1.64 bits per heavy atom. The number of rotatable bonds is 9. The molecular formula is C43H55F2NO7. The van der Waals surface area contributed by atoms with Crippen molar-refractivity contribution in [1.82, 2.24) is 4.90 Å². The normalized spacial score (nSPS) is 44.2. The van der Waals surface area contributed by atoms with E-state index >= 15 is 0 Å². The van der Waals surface area contributed by atoms with E-state index in [9.17, 15) is 33.4 Å². The number of nitrogens with zero attached hydrogens (tertiary/aromatic N) is 1. The van der Waals surface area contributed by atoms with E-state index in [0.29, 0.717) is 76.5 Å². The largest absolute Gasteiger partial charge is 0.448 e. The van der Waals surface area contributed by atoms with Crippen molar-refractivity contribution in [1.29, 1.82) is 0 Å². The van der Waals surface area contributed by atoms with Gasteiger partial charge in [0.2, 0.25) is 0 Å². The molecule has 2 N–H and O–H groups in total. The summed E-state index contributed by atoms with van der Waals surface area (Å²) in [5, 5.41) is 24.1. The standard InChI is InChI=1S/C43H55F2NO7/c1-36(2)39(5)16-19-43(36,53-35(39)50)34(49)46(20-7-21-52-6)25-41(51)15-12-32-38(41,4)14-11-31-37(3)13-10-27(47)23-40(37)17-18-42(31,32)28(24-40)33(48)26-8-9-29(44)30(45)22-26/h8-9,17-18,22,24,27,31-32,47,51H,7,10-16,19-21,23,25H2,1-6H3. The number of Topliss-reactive ketones (excluding diaryl/α,β-unsaturated/α-hetero) is 1. The molecule has 1 aromatic carbocycles. The van der Waals surface area contributed by atoms with Crippen LogP contribution in [-0.4, -0.2) is 76.9 Å². The van der Waals surface area contributed by atoms with Crippen LogP contribution in [-0.2, 0) is 19.1 Å². The molecule has 1 aliphatic heterocycles. The van der Waals surface area contributed by atoms with E-state index in [4.69, 9.17) is 9.47 Å². The fourth-order valence-corrected chi connectivity index (χ4v) is 13.3. The first-order valence-electron chi connectivity index (χ1n) is 19.7. The van der Waals surface area contributed by atoms with Crippen LogP contribution in [0.25, 0.3) is 0 Å². The van der Waals surface area contributed by atoms with Gasteiger partial charge in [-0.2, -0.15) is 0 Å². The van der Waals surface area contributed by atoms with Gasteiger partial charge < -0.3 is 24.6 Å². The topological polar surface area (TPSA) is 113 Å². The van der Waals surface area contributed by atoms with Crippen LogP contribution >= 0.6 is 0 Å². The molecule has 10 atom stereocenters. The van der Waals surface area contributed by atoms with Crippen LogP contribution in [0.3, 0.4) is 0 Å². The summed E-state index contributed by atoms with van der Waals surface area (Å²) in [6.07, 6.45) is 11.7. The number of halogens is 2. The number of carbonyl (C=O) groups is 3.